The predicted molar refractivity (Wildman–Crippen MR) is 66.7 cm³/mol. The Balaban J connectivity index is 2.42. The molecule has 2 rings (SSSR count). The molecule has 106 valence electrons. The van der Waals surface area contributed by atoms with Gasteiger partial charge in [-0.25, -0.2) is 4.98 Å². The van der Waals surface area contributed by atoms with Crippen LogP contribution in [0.3, 0.4) is 0 Å². The highest BCUT2D eigenvalue weighted by Gasteiger charge is 2.36. The third kappa shape index (κ3) is 2.74. The number of anilines is 2. The summed E-state index contributed by atoms with van der Waals surface area (Å²) in [4.78, 5) is 9.16. The van der Waals surface area contributed by atoms with E-state index in [-0.39, 0.29) is 23.8 Å². The largest absolute Gasteiger partial charge is 0.433 e. The van der Waals surface area contributed by atoms with Gasteiger partial charge in [-0.1, -0.05) is 6.92 Å². The number of nitrogen functional groups attached to an aromatic ring is 1. The van der Waals surface area contributed by atoms with Crippen molar-refractivity contribution in [2.24, 2.45) is 0 Å². The quantitative estimate of drug-likeness (QED) is 0.901. The number of halogens is 3. The van der Waals surface area contributed by atoms with E-state index in [1.165, 1.54) is 0 Å². The monoisotopic (exact) mass is 274 g/mol. The molecule has 2 atom stereocenters. The smallest absolute Gasteiger partial charge is 0.368 e. The maximum absolute atomic E-state index is 12.7. The van der Waals surface area contributed by atoms with E-state index in [2.05, 4.69) is 9.97 Å². The first kappa shape index (κ1) is 13.9. The average molecular weight is 274 g/mol. The van der Waals surface area contributed by atoms with Crippen molar-refractivity contribution in [1.82, 2.24) is 9.97 Å². The fourth-order valence-electron chi connectivity index (χ4n) is 2.62. The topological polar surface area (TPSA) is 55.0 Å². The van der Waals surface area contributed by atoms with Crippen molar-refractivity contribution in [1.29, 1.82) is 0 Å². The lowest BCUT2D eigenvalue weighted by Crippen LogP contribution is -2.35. The second kappa shape index (κ2) is 4.86. The molecule has 0 radical (unpaired) electrons. The molecule has 2 N–H and O–H groups in total. The molecule has 0 spiro atoms. The first-order valence-corrected chi connectivity index (χ1v) is 6.33. The molecule has 7 heteroatoms. The molecular weight excluding hydrogens is 257 g/mol. The molecule has 19 heavy (non-hydrogen) atoms. The summed E-state index contributed by atoms with van der Waals surface area (Å²) in [5.41, 5.74) is 4.42. The van der Waals surface area contributed by atoms with Crippen LogP contribution in [0.2, 0.25) is 0 Å². The van der Waals surface area contributed by atoms with Crippen molar-refractivity contribution in [3.63, 3.8) is 0 Å². The number of rotatable bonds is 2. The first-order chi connectivity index (χ1) is 8.82. The lowest BCUT2D eigenvalue weighted by Gasteiger charge is -2.29. The highest BCUT2D eigenvalue weighted by Crippen LogP contribution is 2.34. The zero-order chi connectivity index (χ0) is 14.2. The molecule has 4 nitrogen and oxygen atoms in total. The van der Waals surface area contributed by atoms with Gasteiger partial charge in [-0.2, -0.15) is 18.2 Å². The third-order valence-electron chi connectivity index (χ3n) is 3.54. The number of hydrogen-bond acceptors (Lipinski definition) is 4. The summed E-state index contributed by atoms with van der Waals surface area (Å²) in [5, 5.41) is 0. The summed E-state index contributed by atoms with van der Waals surface area (Å²) < 4.78 is 38.2. The van der Waals surface area contributed by atoms with Gasteiger partial charge in [0.25, 0.3) is 0 Å². The second-order valence-electron chi connectivity index (χ2n) is 4.86. The summed E-state index contributed by atoms with van der Waals surface area (Å²) in [6, 6.07) is 1.37. The van der Waals surface area contributed by atoms with Gasteiger partial charge in [-0.3, -0.25) is 0 Å². The molecule has 1 saturated heterocycles. The SMILES string of the molecule is CCC1CCC(C)N1c1cc(C(F)(F)F)nc(N)n1. The molecule has 1 aromatic heterocycles. The maximum Gasteiger partial charge on any atom is 0.433 e. The molecule has 1 fully saturated rings. The Morgan fingerprint density at radius 1 is 1.37 bits per heavy atom. The van der Waals surface area contributed by atoms with E-state index in [9.17, 15) is 13.2 Å². The molecule has 0 aliphatic carbocycles. The predicted octanol–water partition coefficient (Wildman–Crippen LogP) is 2.84. The average Bonchev–Trinajstić information content (AvgIpc) is 2.68. The van der Waals surface area contributed by atoms with Crippen molar-refractivity contribution in [3.05, 3.63) is 11.8 Å². The summed E-state index contributed by atoms with van der Waals surface area (Å²) in [5.74, 6) is -0.0598. The molecule has 1 aromatic rings. The minimum atomic E-state index is -4.50. The van der Waals surface area contributed by atoms with Crippen LogP contribution in [0.4, 0.5) is 24.9 Å². The van der Waals surface area contributed by atoms with Crippen molar-refractivity contribution in [3.8, 4) is 0 Å². The normalized spacial score (nSPS) is 23.9. The molecule has 2 heterocycles. The number of hydrogen-bond donors (Lipinski definition) is 1. The van der Waals surface area contributed by atoms with Crippen LogP contribution < -0.4 is 10.6 Å². The minimum absolute atomic E-state index is 0.167. The Labute approximate surface area is 109 Å². The van der Waals surface area contributed by atoms with Crippen LogP contribution in [0.5, 0.6) is 0 Å². The van der Waals surface area contributed by atoms with E-state index in [0.29, 0.717) is 0 Å². The van der Waals surface area contributed by atoms with Gasteiger partial charge >= 0.3 is 6.18 Å². The van der Waals surface area contributed by atoms with Crippen LogP contribution in [0.25, 0.3) is 0 Å². The molecule has 1 aliphatic rings. The summed E-state index contributed by atoms with van der Waals surface area (Å²) in [6.45, 7) is 4.01. The van der Waals surface area contributed by atoms with E-state index in [1.54, 1.807) is 0 Å². The summed E-state index contributed by atoms with van der Waals surface area (Å²) in [6.07, 6.45) is -1.72. The van der Waals surface area contributed by atoms with E-state index in [0.717, 1.165) is 25.3 Å². The van der Waals surface area contributed by atoms with Gasteiger partial charge in [0, 0.05) is 18.2 Å². The third-order valence-corrected chi connectivity index (χ3v) is 3.54. The molecule has 2 unspecified atom stereocenters. The van der Waals surface area contributed by atoms with Crippen molar-refractivity contribution < 1.29 is 13.2 Å². The van der Waals surface area contributed by atoms with E-state index in [4.69, 9.17) is 5.73 Å². The molecule has 1 aliphatic heterocycles. The van der Waals surface area contributed by atoms with Gasteiger partial charge < -0.3 is 10.6 Å². The van der Waals surface area contributed by atoms with Gasteiger partial charge in [0.1, 0.15) is 5.82 Å². The number of nitrogens with two attached hydrogens (primary N) is 1. The highest BCUT2D eigenvalue weighted by atomic mass is 19.4. The van der Waals surface area contributed by atoms with Gasteiger partial charge in [-0.05, 0) is 26.2 Å². The summed E-state index contributed by atoms with van der Waals surface area (Å²) >= 11 is 0. The van der Waals surface area contributed by atoms with Gasteiger partial charge in [0.2, 0.25) is 5.95 Å². The van der Waals surface area contributed by atoms with Crippen LogP contribution in [0, 0.1) is 0 Å². The van der Waals surface area contributed by atoms with Crippen molar-refractivity contribution >= 4 is 11.8 Å². The Bertz CT molecular complexity index is 461. The van der Waals surface area contributed by atoms with Crippen molar-refractivity contribution in [2.75, 3.05) is 10.6 Å². The van der Waals surface area contributed by atoms with Crippen LogP contribution in [0.1, 0.15) is 38.8 Å². The Morgan fingerprint density at radius 2 is 2.05 bits per heavy atom. The standard InChI is InChI=1S/C12H17F3N4/c1-3-8-5-4-7(2)19(8)10-6-9(12(13,14)15)17-11(16)18-10/h6-8H,3-5H2,1-2H3,(H2,16,17,18). The van der Waals surface area contributed by atoms with Gasteiger partial charge in [0.15, 0.2) is 5.69 Å². The summed E-state index contributed by atoms with van der Waals surface area (Å²) in [7, 11) is 0. The first-order valence-electron chi connectivity index (χ1n) is 6.33. The second-order valence-corrected chi connectivity index (χ2v) is 4.86. The van der Waals surface area contributed by atoms with Gasteiger partial charge in [-0.15, -0.1) is 0 Å². The van der Waals surface area contributed by atoms with Crippen LogP contribution >= 0.6 is 0 Å². The van der Waals surface area contributed by atoms with Crippen LogP contribution in [-0.4, -0.2) is 22.1 Å². The zero-order valence-corrected chi connectivity index (χ0v) is 10.9. The zero-order valence-electron chi connectivity index (χ0n) is 10.9. The molecule has 0 amide bonds. The molecular formula is C12H17F3N4. The Morgan fingerprint density at radius 3 is 2.63 bits per heavy atom. The van der Waals surface area contributed by atoms with E-state index >= 15 is 0 Å². The fraction of sp³-hybridized carbons (Fsp3) is 0.667. The number of alkyl halides is 3. The van der Waals surface area contributed by atoms with Crippen LogP contribution in [0.15, 0.2) is 6.07 Å². The minimum Gasteiger partial charge on any atom is -0.368 e. The van der Waals surface area contributed by atoms with Crippen LogP contribution in [-0.2, 0) is 6.18 Å². The fourth-order valence-corrected chi connectivity index (χ4v) is 2.62. The lowest BCUT2D eigenvalue weighted by atomic mass is 10.1. The molecule has 0 aromatic carbocycles. The molecule has 0 saturated carbocycles. The number of nitrogens with zero attached hydrogens (tertiary/aromatic N) is 3. The lowest BCUT2D eigenvalue weighted by molar-refractivity contribution is -0.141. The Hall–Kier alpha value is -1.53. The van der Waals surface area contributed by atoms with E-state index in [1.807, 2.05) is 18.7 Å². The van der Waals surface area contributed by atoms with E-state index < -0.39 is 11.9 Å². The highest BCUT2D eigenvalue weighted by molar-refractivity contribution is 5.47. The maximum atomic E-state index is 12.7. The van der Waals surface area contributed by atoms with Gasteiger partial charge in [0.05, 0.1) is 0 Å². The van der Waals surface area contributed by atoms with Crippen molar-refractivity contribution in [2.45, 2.75) is 51.4 Å². The Kier molecular flexibility index (Phi) is 3.56. The molecule has 0 bridgehead atoms. The number of aromatic nitrogens is 2.